The van der Waals surface area contributed by atoms with Crippen LogP contribution in [0, 0.1) is 5.92 Å². The van der Waals surface area contributed by atoms with Gasteiger partial charge in [0.2, 0.25) is 6.61 Å². The van der Waals surface area contributed by atoms with Gasteiger partial charge in [0.15, 0.2) is 13.6 Å². The molecule has 1 aromatic carbocycles. The average molecular weight is 580 g/mol. The molecule has 0 bridgehead atoms. The first-order valence-corrected chi connectivity index (χ1v) is 17.2. The summed E-state index contributed by atoms with van der Waals surface area (Å²) in [5.74, 6) is -0.847. The van der Waals surface area contributed by atoms with Crippen molar-refractivity contribution < 1.29 is 43.2 Å². The van der Waals surface area contributed by atoms with Crippen molar-refractivity contribution in [1.82, 2.24) is 0 Å². The molecule has 224 valence electrons. The van der Waals surface area contributed by atoms with E-state index in [1.54, 1.807) is 18.2 Å². The summed E-state index contributed by atoms with van der Waals surface area (Å²) in [5.41, 5.74) is 1.10. The Morgan fingerprint density at radius 2 is 1.77 bits per heavy atom. The number of esters is 1. The van der Waals surface area contributed by atoms with E-state index in [1.165, 1.54) is 0 Å². The Balaban J connectivity index is 3.54. The van der Waals surface area contributed by atoms with Gasteiger partial charge in [0.05, 0.1) is 12.3 Å². The van der Waals surface area contributed by atoms with Gasteiger partial charge in [0.1, 0.15) is 17.1 Å². The SMILES string of the molecule is C=CC(C)C/C=C/C(Cc1cc(OCOCC)cc(OCOCC)c1C(=O)OCC[Si](C)(C)C)=NOCC(=O)O. The number of hydrogen-bond acceptors (Lipinski definition) is 9. The maximum absolute atomic E-state index is 13.4. The van der Waals surface area contributed by atoms with Crippen molar-refractivity contribution in [2.24, 2.45) is 11.1 Å². The summed E-state index contributed by atoms with van der Waals surface area (Å²) in [6, 6.07) is 4.09. The Labute approximate surface area is 238 Å². The van der Waals surface area contributed by atoms with E-state index in [2.05, 4.69) is 31.4 Å². The highest BCUT2D eigenvalue weighted by atomic mass is 28.3. The van der Waals surface area contributed by atoms with Gasteiger partial charge < -0.3 is 33.6 Å². The van der Waals surface area contributed by atoms with E-state index < -0.39 is 26.6 Å². The summed E-state index contributed by atoms with van der Waals surface area (Å²) in [5, 5.41) is 13.0. The lowest BCUT2D eigenvalue weighted by Gasteiger charge is -2.19. The molecule has 0 aliphatic rings. The molecule has 0 fully saturated rings. The lowest BCUT2D eigenvalue weighted by atomic mass is 9.99. The fraction of sp³-hybridized carbons (Fsp3) is 0.552. The summed E-state index contributed by atoms with van der Waals surface area (Å²) in [6.07, 6.45) is 6.25. The molecule has 1 aromatic rings. The highest BCUT2D eigenvalue weighted by molar-refractivity contribution is 6.76. The van der Waals surface area contributed by atoms with Gasteiger partial charge in [-0.1, -0.05) is 43.9 Å². The second-order valence-electron chi connectivity index (χ2n) is 10.2. The third-order valence-electron chi connectivity index (χ3n) is 5.42. The fourth-order valence-corrected chi connectivity index (χ4v) is 3.83. The minimum Gasteiger partial charge on any atom is -0.479 e. The van der Waals surface area contributed by atoms with E-state index in [1.807, 2.05) is 32.9 Å². The molecule has 0 aliphatic carbocycles. The molecule has 1 atom stereocenters. The van der Waals surface area contributed by atoms with Crippen LogP contribution in [0.5, 0.6) is 11.5 Å². The summed E-state index contributed by atoms with van der Waals surface area (Å²) < 4.78 is 28.0. The Bertz CT molecular complexity index is 1000. The second kappa shape index (κ2) is 19.0. The fourth-order valence-electron chi connectivity index (χ4n) is 3.12. The largest absolute Gasteiger partial charge is 0.479 e. The van der Waals surface area contributed by atoms with Crippen molar-refractivity contribution in [1.29, 1.82) is 0 Å². The van der Waals surface area contributed by atoms with Crippen LogP contribution in [0.1, 0.15) is 43.1 Å². The number of nitrogens with zero attached hydrogens (tertiary/aromatic N) is 1. The molecule has 1 unspecified atom stereocenters. The van der Waals surface area contributed by atoms with E-state index in [0.29, 0.717) is 36.7 Å². The standard InChI is InChI=1S/C29H45NO9Si/c1-8-22(4)12-11-13-24(30-39-19-27(31)32)16-23-17-25(37-20-34-9-2)18-26(38-21-35-10-3)28(23)29(33)36-14-15-40(5,6)7/h8,11,13,17-18,22H,1,9-10,12,14-16,19-21H2,2-7H3,(H,31,32)/b13-11+,30-24?. The number of ether oxygens (including phenoxy) is 5. The molecular formula is C29H45NO9Si. The van der Waals surface area contributed by atoms with Crippen LogP contribution in [-0.2, 0) is 30.3 Å². The van der Waals surface area contributed by atoms with Crippen LogP contribution in [0.25, 0.3) is 0 Å². The first-order chi connectivity index (χ1) is 19.0. The average Bonchev–Trinajstić information content (AvgIpc) is 2.87. The number of oxime groups is 1. The molecule has 0 saturated carbocycles. The third kappa shape index (κ3) is 14.9. The number of aliphatic carboxylic acids is 1. The maximum atomic E-state index is 13.4. The van der Waals surface area contributed by atoms with E-state index in [4.69, 9.17) is 33.6 Å². The molecule has 40 heavy (non-hydrogen) atoms. The van der Waals surface area contributed by atoms with Gasteiger partial charge in [-0.15, -0.1) is 6.58 Å². The van der Waals surface area contributed by atoms with Crippen molar-refractivity contribution in [3.8, 4) is 11.5 Å². The van der Waals surface area contributed by atoms with E-state index in [-0.39, 0.29) is 43.8 Å². The van der Waals surface area contributed by atoms with Crippen molar-refractivity contribution in [2.45, 2.75) is 59.3 Å². The Morgan fingerprint density at radius 3 is 2.38 bits per heavy atom. The van der Waals surface area contributed by atoms with Crippen LogP contribution in [0.15, 0.2) is 42.1 Å². The molecule has 1 N–H and O–H groups in total. The van der Waals surface area contributed by atoms with Crippen molar-refractivity contribution in [2.75, 3.05) is 40.0 Å². The van der Waals surface area contributed by atoms with Gasteiger partial charge in [-0.05, 0) is 49.9 Å². The Kier molecular flexibility index (Phi) is 16.6. The van der Waals surface area contributed by atoms with Gasteiger partial charge in [0.25, 0.3) is 0 Å². The number of benzene rings is 1. The summed E-state index contributed by atoms with van der Waals surface area (Å²) in [6.45, 7) is 16.6. The highest BCUT2D eigenvalue weighted by Gasteiger charge is 2.24. The highest BCUT2D eigenvalue weighted by Crippen LogP contribution is 2.31. The van der Waals surface area contributed by atoms with Crippen LogP contribution < -0.4 is 9.47 Å². The van der Waals surface area contributed by atoms with E-state index >= 15 is 0 Å². The van der Waals surface area contributed by atoms with Crippen LogP contribution in [-0.4, -0.2) is 70.8 Å². The van der Waals surface area contributed by atoms with E-state index in [0.717, 1.165) is 6.04 Å². The molecule has 11 heteroatoms. The monoisotopic (exact) mass is 579 g/mol. The number of carboxylic acid groups (broad SMARTS) is 1. The summed E-state index contributed by atoms with van der Waals surface area (Å²) in [7, 11) is -1.45. The maximum Gasteiger partial charge on any atom is 0.344 e. The molecule has 0 heterocycles. The number of carbonyl (C=O) groups excluding carboxylic acids is 1. The van der Waals surface area contributed by atoms with Crippen LogP contribution in [0.3, 0.4) is 0 Å². The summed E-state index contributed by atoms with van der Waals surface area (Å²) >= 11 is 0. The van der Waals surface area contributed by atoms with Crippen LogP contribution in [0.2, 0.25) is 25.7 Å². The minimum atomic E-state index is -1.45. The second-order valence-corrected chi connectivity index (χ2v) is 15.8. The zero-order chi connectivity index (χ0) is 30.0. The third-order valence-corrected chi connectivity index (χ3v) is 7.13. The van der Waals surface area contributed by atoms with Crippen molar-refractivity contribution in [3.63, 3.8) is 0 Å². The van der Waals surface area contributed by atoms with Crippen LogP contribution in [0.4, 0.5) is 0 Å². The van der Waals surface area contributed by atoms with Crippen LogP contribution >= 0.6 is 0 Å². The molecule has 0 aliphatic heterocycles. The first kappa shape index (κ1) is 34.9. The number of hydrogen-bond donors (Lipinski definition) is 1. The van der Waals surface area contributed by atoms with Gasteiger partial charge in [-0.25, -0.2) is 9.59 Å². The Hall–Kier alpha value is -3.15. The van der Waals surface area contributed by atoms with E-state index in [9.17, 15) is 9.59 Å². The van der Waals surface area contributed by atoms with Gasteiger partial charge in [-0.3, -0.25) is 0 Å². The first-order valence-electron chi connectivity index (χ1n) is 13.5. The van der Waals surface area contributed by atoms with Gasteiger partial charge in [-0.2, -0.15) is 0 Å². The smallest absolute Gasteiger partial charge is 0.344 e. The molecule has 0 spiro atoms. The molecule has 0 amide bonds. The van der Waals surface area contributed by atoms with Crippen molar-refractivity contribution >= 4 is 25.7 Å². The predicted octanol–water partition coefficient (Wildman–Crippen LogP) is 5.70. The zero-order valence-electron chi connectivity index (χ0n) is 24.7. The van der Waals surface area contributed by atoms with Crippen molar-refractivity contribution in [3.05, 3.63) is 48.1 Å². The number of rotatable bonds is 21. The summed E-state index contributed by atoms with van der Waals surface area (Å²) in [4.78, 5) is 29.5. The topological polar surface area (TPSA) is 122 Å². The number of allylic oxidation sites excluding steroid dienone is 3. The lowest BCUT2D eigenvalue weighted by Crippen LogP contribution is -2.23. The minimum absolute atomic E-state index is 0.00283. The molecule has 0 radical (unpaired) electrons. The number of carboxylic acids is 1. The molecule has 1 rings (SSSR count). The molecule has 0 saturated heterocycles. The predicted molar refractivity (Wildman–Crippen MR) is 157 cm³/mol. The lowest BCUT2D eigenvalue weighted by molar-refractivity contribution is -0.142. The number of carbonyl (C=O) groups is 2. The molecular weight excluding hydrogens is 534 g/mol. The van der Waals surface area contributed by atoms with Gasteiger partial charge in [0, 0.05) is 33.8 Å². The quantitative estimate of drug-likeness (QED) is 0.0372. The zero-order valence-corrected chi connectivity index (χ0v) is 25.7. The Morgan fingerprint density at radius 1 is 1.10 bits per heavy atom. The molecule has 10 nitrogen and oxygen atoms in total. The molecule has 0 aromatic heterocycles. The van der Waals surface area contributed by atoms with Gasteiger partial charge >= 0.3 is 11.9 Å². The normalized spacial score (nSPS) is 12.7.